The molecule has 114 valence electrons. The van der Waals surface area contributed by atoms with Crippen LogP contribution in [0.1, 0.15) is 5.56 Å². The number of nitrogens with zero attached hydrogens (tertiary/aromatic N) is 2. The van der Waals surface area contributed by atoms with Crippen molar-refractivity contribution in [2.45, 2.75) is 13.1 Å². The molecule has 1 aromatic heterocycles. The van der Waals surface area contributed by atoms with Crippen LogP contribution in [-0.2, 0) is 13.1 Å². The van der Waals surface area contributed by atoms with Crippen molar-refractivity contribution in [2.75, 3.05) is 27.9 Å². The summed E-state index contributed by atoms with van der Waals surface area (Å²) in [6.45, 7) is 2.46. The summed E-state index contributed by atoms with van der Waals surface area (Å²) >= 11 is 0. The van der Waals surface area contributed by atoms with Gasteiger partial charge in [0.05, 0.1) is 27.7 Å². The molecule has 6 nitrogen and oxygen atoms in total. The lowest BCUT2D eigenvalue weighted by molar-refractivity contribution is 0.323. The third-order valence-corrected chi connectivity index (χ3v) is 3.16. The molecule has 0 aliphatic heterocycles. The fourth-order valence-electron chi connectivity index (χ4n) is 2.10. The molecular weight excluding hydrogens is 270 g/mol. The molecule has 0 saturated carbocycles. The van der Waals surface area contributed by atoms with Crippen molar-refractivity contribution >= 4 is 0 Å². The van der Waals surface area contributed by atoms with Gasteiger partial charge in [-0.2, -0.15) is 0 Å². The minimum atomic E-state index is 0.613. The summed E-state index contributed by atoms with van der Waals surface area (Å²) in [6.07, 6.45) is 5.53. The number of rotatable bonds is 8. The van der Waals surface area contributed by atoms with Crippen molar-refractivity contribution in [3.05, 3.63) is 36.4 Å². The first-order chi connectivity index (χ1) is 10.3. The molecule has 0 atom stereocenters. The highest BCUT2D eigenvalue weighted by Crippen LogP contribution is 2.38. The lowest BCUT2D eigenvalue weighted by Gasteiger charge is -2.14. The van der Waals surface area contributed by atoms with E-state index >= 15 is 0 Å². The molecule has 0 aliphatic carbocycles. The second-order valence-electron chi connectivity index (χ2n) is 4.51. The molecule has 0 fully saturated rings. The van der Waals surface area contributed by atoms with E-state index in [-0.39, 0.29) is 0 Å². The molecule has 0 amide bonds. The Morgan fingerprint density at radius 2 is 1.81 bits per heavy atom. The van der Waals surface area contributed by atoms with Crippen LogP contribution in [0.3, 0.4) is 0 Å². The van der Waals surface area contributed by atoms with Gasteiger partial charge in [0.25, 0.3) is 0 Å². The van der Waals surface area contributed by atoms with Gasteiger partial charge in [0.2, 0.25) is 5.75 Å². The number of aromatic nitrogens is 2. The van der Waals surface area contributed by atoms with Gasteiger partial charge in [0.15, 0.2) is 11.5 Å². The van der Waals surface area contributed by atoms with Crippen molar-refractivity contribution in [1.82, 2.24) is 14.9 Å². The van der Waals surface area contributed by atoms with Crippen LogP contribution in [0, 0.1) is 0 Å². The molecule has 0 bridgehead atoms. The van der Waals surface area contributed by atoms with Crippen LogP contribution in [0.4, 0.5) is 0 Å². The van der Waals surface area contributed by atoms with Crippen LogP contribution in [0.15, 0.2) is 30.9 Å². The zero-order valence-corrected chi connectivity index (χ0v) is 12.6. The molecule has 0 aliphatic rings. The zero-order valence-electron chi connectivity index (χ0n) is 12.6. The maximum Gasteiger partial charge on any atom is 0.203 e. The van der Waals surface area contributed by atoms with E-state index in [1.165, 1.54) is 0 Å². The second-order valence-corrected chi connectivity index (χ2v) is 4.51. The van der Waals surface area contributed by atoms with Crippen LogP contribution in [-0.4, -0.2) is 37.4 Å². The Balaban J connectivity index is 1.96. The Labute approximate surface area is 124 Å². The summed E-state index contributed by atoms with van der Waals surface area (Å²) in [5, 5.41) is 3.38. The molecular formula is C15H21N3O3. The van der Waals surface area contributed by atoms with Gasteiger partial charge in [0.1, 0.15) is 0 Å². The topological polar surface area (TPSA) is 57.5 Å². The average Bonchev–Trinajstić information content (AvgIpc) is 3.03. The fourth-order valence-corrected chi connectivity index (χ4v) is 2.10. The Morgan fingerprint density at radius 1 is 1.10 bits per heavy atom. The summed E-state index contributed by atoms with van der Waals surface area (Å²) in [5.74, 6) is 1.95. The van der Waals surface area contributed by atoms with Gasteiger partial charge >= 0.3 is 0 Å². The monoisotopic (exact) mass is 291 g/mol. The minimum absolute atomic E-state index is 0.613. The van der Waals surface area contributed by atoms with E-state index < -0.39 is 0 Å². The van der Waals surface area contributed by atoms with Gasteiger partial charge in [0, 0.05) is 32.0 Å². The molecule has 1 aromatic carbocycles. The normalized spacial score (nSPS) is 10.4. The summed E-state index contributed by atoms with van der Waals surface area (Å²) < 4.78 is 18.0. The largest absolute Gasteiger partial charge is 0.493 e. The smallest absolute Gasteiger partial charge is 0.203 e. The highest BCUT2D eigenvalue weighted by atomic mass is 16.5. The Kier molecular flexibility index (Phi) is 5.45. The fraction of sp³-hybridized carbons (Fsp3) is 0.400. The average molecular weight is 291 g/mol. The molecule has 0 spiro atoms. The Morgan fingerprint density at radius 3 is 2.33 bits per heavy atom. The van der Waals surface area contributed by atoms with Crippen molar-refractivity contribution in [3.8, 4) is 17.2 Å². The number of imidazole rings is 1. The van der Waals surface area contributed by atoms with E-state index in [1.54, 1.807) is 33.9 Å². The maximum atomic E-state index is 5.34. The van der Waals surface area contributed by atoms with Gasteiger partial charge in [-0.3, -0.25) is 0 Å². The maximum absolute atomic E-state index is 5.34. The van der Waals surface area contributed by atoms with E-state index in [0.717, 1.165) is 25.2 Å². The first-order valence-electron chi connectivity index (χ1n) is 6.73. The number of benzene rings is 1. The molecule has 2 aromatic rings. The van der Waals surface area contributed by atoms with Crippen molar-refractivity contribution in [3.63, 3.8) is 0 Å². The third kappa shape index (κ3) is 3.88. The number of nitrogens with one attached hydrogen (secondary N) is 1. The summed E-state index contributed by atoms with van der Waals surface area (Å²) in [7, 11) is 4.84. The van der Waals surface area contributed by atoms with Crippen molar-refractivity contribution < 1.29 is 14.2 Å². The molecule has 0 saturated heterocycles. The van der Waals surface area contributed by atoms with E-state index in [2.05, 4.69) is 10.3 Å². The van der Waals surface area contributed by atoms with E-state index in [4.69, 9.17) is 14.2 Å². The quantitative estimate of drug-likeness (QED) is 0.750. The van der Waals surface area contributed by atoms with E-state index in [0.29, 0.717) is 17.2 Å². The third-order valence-electron chi connectivity index (χ3n) is 3.16. The predicted octanol–water partition coefficient (Wildman–Crippen LogP) is 1.70. The van der Waals surface area contributed by atoms with Crippen LogP contribution in [0.2, 0.25) is 0 Å². The molecule has 0 radical (unpaired) electrons. The van der Waals surface area contributed by atoms with Crippen molar-refractivity contribution in [2.24, 2.45) is 0 Å². The number of hydrogen-bond acceptors (Lipinski definition) is 5. The Bertz CT molecular complexity index is 530. The van der Waals surface area contributed by atoms with E-state index in [1.807, 2.05) is 22.9 Å². The van der Waals surface area contributed by atoms with Gasteiger partial charge in [-0.25, -0.2) is 4.98 Å². The molecule has 6 heteroatoms. The SMILES string of the molecule is COc1cc(CNCCn2ccnc2)cc(OC)c1OC. The van der Waals surface area contributed by atoms with Gasteiger partial charge < -0.3 is 24.1 Å². The zero-order chi connectivity index (χ0) is 15.1. The van der Waals surface area contributed by atoms with Crippen molar-refractivity contribution in [1.29, 1.82) is 0 Å². The van der Waals surface area contributed by atoms with E-state index in [9.17, 15) is 0 Å². The standard InChI is InChI=1S/C15H21N3O3/c1-19-13-8-12(9-14(20-2)15(13)21-3)10-16-4-6-18-7-5-17-11-18/h5,7-9,11,16H,4,6,10H2,1-3H3. The molecule has 1 heterocycles. The van der Waals surface area contributed by atoms with Gasteiger partial charge in [-0.15, -0.1) is 0 Å². The molecule has 1 N–H and O–H groups in total. The lowest BCUT2D eigenvalue weighted by atomic mass is 10.2. The highest BCUT2D eigenvalue weighted by molar-refractivity contribution is 5.53. The summed E-state index contributed by atoms with van der Waals surface area (Å²) in [5.41, 5.74) is 1.08. The predicted molar refractivity (Wildman–Crippen MR) is 80.0 cm³/mol. The Hall–Kier alpha value is -2.21. The van der Waals surface area contributed by atoms with Crippen LogP contribution >= 0.6 is 0 Å². The first kappa shape index (κ1) is 15.2. The van der Waals surface area contributed by atoms with Crippen LogP contribution in [0.25, 0.3) is 0 Å². The molecule has 21 heavy (non-hydrogen) atoms. The summed E-state index contributed by atoms with van der Waals surface area (Å²) in [6, 6.07) is 3.90. The first-order valence-corrected chi connectivity index (χ1v) is 6.73. The molecule has 2 rings (SSSR count). The lowest BCUT2D eigenvalue weighted by Crippen LogP contribution is -2.19. The van der Waals surface area contributed by atoms with Gasteiger partial charge in [-0.1, -0.05) is 0 Å². The second kappa shape index (κ2) is 7.54. The van der Waals surface area contributed by atoms with Crippen LogP contribution in [0.5, 0.6) is 17.2 Å². The van der Waals surface area contributed by atoms with Gasteiger partial charge in [-0.05, 0) is 17.7 Å². The highest BCUT2D eigenvalue weighted by Gasteiger charge is 2.12. The van der Waals surface area contributed by atoms with Crippen LogP contribution < -0.4 is 19.5 Å². The summed E-state index contributed by atoms with van der Waals surface area (Å²) in [4.78, 5) is 4.01. The molecule has 0 unspecified atom stereocenters. The minimum Gasteiger partial charge on any atom is -0.493 e. The number of methoxy groups -OCH3 is 3. The number of ether oxygens (including phenoxy) is 3. The number of hydrogen-bond donors (Lipinski definition) is 1.